The van der Waals surface area contributed by atoms with Crippen LogP contribution in [0.5, 0.6) is 0 Å². The van der Waals surface area contributed by atoms with Crippen LogP contribution in [0, 0.1) is 16.0 Å². The van der Waals surface area contributed by atoms with Gasteiger partial charge < -0.3 is 10.7 Å². The Bertz CT molecular complexity index is 460. The standard InChI is InChI=1S/C13H21N5O2/c14-17-12-8-7-11(18(19)20)13(16-12)15-9-3-6-10-4-1-2-5-10/h7-8,10H,1-6,9,14H2,(H2,15,16,17). The fraction of sp³-hybridized carbons (Fsp3) is 0.615. The van der Waals surface area contributed by atoms with Crippen molar-refractivity contribution < 1.29 is 4.92 Å². The van der Waals surface area contributed by atoms with Gasteiger partial charge in [-0.05, 0) is 24.8 Å². The number of rotatable bonds is 7. The topological polar surface area (TPSA) is 106 Å². The molecule has 4 N–H and O–H groups in total. The summed E-state index contributed by atoms with van der Waals surface area (Å²) in [6, 6.07) is 2.89. The normalized spacial score (nSPS) is 15.2. The Morgan fingerprint density at radius 1 is 1.40 bits per heavy atom. The van der Waals surface area contributed by atoms with Crippen molar-refractivity contribution in [3.8, 4) is 0 Å². The predicted molar refractivity (Wildman–Crippen MR) is 78.4 cm³/mol. The molecular weight excluding hydrogens is 258 g/mol. The summed E-state index contributed by atoms with van der Waals surface area (Å²) in [4.78, 5) is 14.6. The molecule has 1 saturated carbocycles. The Hall–Kier alpha value is -1.89. The summed E-state index contributed by atoms with van der Waals surface area (Å²) in [7, 11) is 0. The molecule has 1 aromatic heterocycles. The first-order chi connectivity index (χ1) is 9.70. The molecule has 7 heteroatoms. The minimum absolute atomic E-state index is 0.0233. The largest absolute Gasteiger partial charge is 0.364 e. The molecule has 7 nitrogen and oxygen atoms in total. The third-order valence-corrected chi connectivity index (χ3v) is 3.77. The van der Waals surface area contributed by atoms with Gasteiger partial charge in [-0.1, -0.05) is 25.7 Å². The fourth-order valence-electron chi connectivity index (χ4n) is 2.71. The lowest BCUT2D eigenvalue weighted by Gasteiger charge is -2.10. The molecule has 1 aliphatic carbocycles. The van der Waals surface area contributed by atoms with Gasteiger partial charge in [0.25, 0.3) is 0 Å². The number of nitrogens with two attached hydrogens (primary N) is 1. The molecule has 0 aliphatic heterocycles. The van der Waals surface area contributed by atoms with E-state index in [4.69, 9.17) is 5.84 Å². The maximum absolute atomic E-state index is 10.9. The Morgan fingerprint density at radius 3 is 2.80 bits per heavy atom. The first kappa shape index (κ1) is 14.5. The highest BCUT2D eigenvalue weighted by Gasteiger charge is 2.17. The average molecular weight is 279 g/mol. The van der Waals surface area contributed by atoms with Gasteiger partial charge in [-0.2, -0.15) is 0 Å². The van der Waals surface area contributed by atoms with Gasteiger partial charge in [0.1, 0.15) is 5.82 Å². The Morgan fingerprint density at radius 2 is 2.15 bits per heavy atom. The van der Waals surface area contributed by atoms with E-state index in [1.165, 1.54) is 44.2 Å². The first-order valence-corrected chi connectivity index (χ1v) is 7.06. The molecule has 0 aromatic carbocycles. The van der Waals surface area contributed by atoms with Crippen LogP contribution in [0.25, 0.3) is 0 Å². The molecule has 1 aliphatic rings. The molecule has 0 bridgehead atoms. The fourth-order valence-corrected chi connectivity index (χ4v) is 2.71. The van der Waals surface area contributed by atoms with Gasteiger partial charge in [-0.15, -0.1) is 0 Å². The molecular formula is C13H21N5O2. The van der Waals surface area contributed by atoms with Crippen LogP contribution in [0.15, 0.2) is 12.1 Å². The molecule has 0 unspecified atom stereocenters. The summed E-state index contributed by atoms with van der Waals surface area (Å²) >= 11 is 0. The average Bonchev–Trinajstić information content (AvgIpc) is 2.96. The minimum Gasteiger partial charge on any atom is -0.364 e. The van der Waals surface area contributed by atoms with Crippen LogP contribution in [0.2, 0.25) is 0 Å². The number of aromatic nitrogens is 1. The van der Waals surface area contributed by atoms with Gasteiger partial charge in [-0.25, -0.2) is 10.8 Å². The zero-order chi connectivity index (χ0) is 14.4. The number of pyridine rings is 1. The van der Waals surface area contributed by atoms with Gasteiger partial charge >= 0.3 is 5.69 Å². The van der Waals surface area contributed by atoms with E-state index in [-0.39, 0.29) is 11.5 Å². The number of nitrogens with zero attached hydrogens (tertiary/aromatic N) is 2. The van der Waals surface area contributed by atoms with Crippen molar-refractivity contribution in [3.05, 3.63) is 22.2 Å². The number of hydrogen-bond donors (Lipinski definition) is 3. The van der Waals surface area contributed by atoms with E-state index in [9.17, 15) is 10.1 Å². The van der Waals surface area contributed by atoms with Crippen molar-refractivity contribution in [1.82, 2.24) is 4.98 Å². The zero-order valence-corrected chi connectivity index (χ0v) is 11.5. The Kier molecular flexibility index (Phi) is 5.11. The molecule has 20 heavy (non-hydrogen) atoms. The van der Waals surface area contributed by atoms with Gasteiger partial charge in [0, 0.05) is 12.6 Å². The van der Waals surface area contributed by atoms with E-state index < -0.39 is 4.92 Å². The van der Waals surface area contributed by atoms with Crippen molar-refractivity contribution in [2.24, 2.45) is 11.8 Å². The quantitative estimate of drug-likeness (QED) is 0.306. The highest BCUT2D eigenvalue weighted by molar-refractivity contribution is 5.59. The zero-order valence-electron chi connectivity index (χ0n) is 11.5. The Balaban J connectivity index is 1.88. The predicted octanol–water partition coefficient (Wildman–Crippen LogP) is 2.66. The second kappa shape index (κ2) is 7.04. The maximum atomic E-state index is 10.9. The molecule has 1 fully saturated rings. The third kappa shape index (κ3) is 3.80. The van der Waals surface area contributed by atoms with Gasteiger partial charge in [0.15, 0.2) is 0 Å². The lowest BCUT2D eigenvalue weighted by molar-refractivity contribution is -0.384. The molecule has 1 aromatic rings. The molecule has 0 spiro atoms. The van der Waals surface area contributed by atoms with E-state index in [0.717, 1.165) is 12.3 Å². The van der Waals surface area contributed by atoms with Crippen LogP contribution in [0.3, 0.4) is 0 Å². The number of nitrogen functional groups attached to an aromatic ring is 1. The lowest BCUT2D eigenvalue weighted by atomic mass is 10.0. The molecule has 0 radical (unpaired) electrons. The van der Waals surface area contributed by atoms with E-state index >= 15 is 0 Å². The summed E-state index contributed by atoms with van der Waals surface area (Å²) in [5.41, 5.74) is 2.37. The maximum Gasteiger partial charge on any atom is 0.311 e. The smallest absolute Gasteiger partial charge is 0.311 e. The van der Waals surface area contributed by atoms with Crippen molar-refractivity contribution in [1.29, 1.82) is 0 Å². The third-order valence-electron chi connectivity index (χ3n) is 3.77. The van der Waals surface area contributed by atoms with E-state index in [1.54, 1.807) is 0 Å². The van der Waals surface area contributed by atoms with Gasteiger partial charge in [0.2, 0.25) is 5.82 Å². The highest BCUT2D eigenvalue weighted by Crippen LogP contribution is 2.29. The van der Waals surface area contributed by atoms with E-state index in [0.29, 0.717) is 12.4 Å². The van der Waals surface area contributed by atoms with Crippen LogP contribution in [0.4, 0.5) is 17.3 Å². The first-order valence-electron chi connectivity index (χ1n) is 7.06. The monoisotopic (exact) mass is 279 g/mol. The van der Waals surface area contributed by atoms with Crippen LogP contribution >= 0.6 is 0 Å². The van der Waals surface area contributed by atoms with E-state index in [1.807, 2.05) is 0 Å². The molecule has 0 atom stereocenters. The second-order valence-electron chi connectivity index (χ2n) is 5.19. The van der Waals surface area contributed by atoms with Crippen molar-refractivity contribution in [2.75, 3.05) is 17.3 Å². The molecule has 1 heterocycles. The molecule has 2 rings (SSSR count). The Labute approximate surface area is 118 Å². The van der Waals surface area contributed by atoms with Gasteiger partial charge in [-0.3, -0.25) is 10.1 Å². The minimum atomic E-state index is -0.438. The van der Waals surface area contributed by atoms with Crippen LogP contribution in [-0.4, -0.2) is 16.5 Å². The molecule has 110 valence electrons. The number of nitrogens with one attached hydrogen (secondary N) is 2. The number of hydrazine groups is 1. The number of hydrogen-bond acceptors (Lipinski definition) is 6. The number of anilines is 2. The SMILES string of the molecule is NNc1ccc([N+](=O)[O-])c(NCCCC2CCCC2)n1. The molecule has 0 saturated heterocycles. The second-order valence-corrected chi connectivity index (χ2v) is 5.19. The van der Waals surface area contributed by atoms with E-state index in [2.05, 4.69) is 15.7 Å². The summed E-state index contributed by atoms with van der Waals surface area (Å²) in [6.07, 6.45) is 7.51. The molecule has 0 amide bonds. The summed E-state index contributed by atoms with van der Waals surface area (Å²) in [5.74, 6) is 6.79. The lowest BCUT2D eigenvalue weighted by Crippen LogP contribution is -2.12. The van der Waals surface area contributed by atoms with Crippen molar-refractivity contribution in [2.45, 2.75) is 38.5 Å². The van der Waals surface area contributed by atoms with Crippen LogP contribution in [-0.2, 0) is 0 Å². The summed E-state index contributed by atoms with van der Waals surface area (Å²) < 4.78 is 0. The van der Waals surface area contributed by atoms with Crippen LogP contribution < -0.4 is 16.6 Å². The van der Waals surface area contributed by atoms with Crippen molar-refractivity contribution in [3.63, 3.8) is 0 Å². The number of nitro groups is 1. The van der Waals surface area contributed by atoms with Crippen LogP contribution in [0.1, 0.15) is 38.5 Å². The van der Waals surface area contributed by atoms with Crippen molar-refractivity contribution >= 4 is 17.3 Å². The summed E-state index contributed by atoms with van der Waals surface area (Å²) in [5, 5.41) is 14.0. The summed E-state index contributed by atoms with van der Waals surface area (Å²) in [6.45, 7) is 0.693. The highest BCUT2D eigenvalue weighted by atomic mass is 16.6. The van der Waals surface area contributed by atoms with Gasteiger partial charge in [0.05, 0.1) is 4.92 Å².